The summed E-state index contributed by atoms with van der Waals surface area (Å²) in [7, 11) is 0. The maximum atomic E-state index is 4.23. The van der Waals surface area contributed by atoms with E-state index in [0.29, 0.717) is 6.04 Å². The van der Waals surface area contributed by atoms with Crippen molar-refractivity contribution < 1.29 is 0 Å². The molecule has 3 heteroatoms. The molecule has 1 unspecified atom stereocenters. The van der Waals surface area contributed by atoms with Gasteiger partial charge in [-0.3, -0.25) is 0 Å². The fourth-order valence-electron chi connectivity index (χ4n) is 2.10. The topological polar surface area (TPSA) is 40.7 Å². The molecule has 2 aromatic rings. The Morgan fingerprint density at radius 2 is 2.06 bits per heavy atom. The number of benzene rings is 1. The standard InChI is InChI=1S/C15H21N3/c1-3-14(13-6-4-12(2)5-7-13)16-9-8-15-17-10-11-18-15/h4-7,10-11,14,16H,3,8-9H2,1-2H3,(H,17,18). The van der Waals surface area contributed by atoms with E-state index in [1.54, 1.807) is 6.20 Å². The molecule has 0 bridgehead atoms. The van der Waals surface area contributed by atoms with E-state index in [2.05, 4.69) is 53.4 Å². The van der Waals surface area contributed by atoms with E-state index in [1.807, 2.05) is 6.20 Å². The van der Waals surface area contributed by atoms with E-state index in [4.69, 9.17) is 0 Å². The van der Waals surface area contributed by atoms with Crippen LogP contribution in [0.4, 0.5) is 0 Å². The van der Waals surface area contributed by atoms with Crippen molar-refractivity contribution in [1.29, 1.82) is 0 Å². The first-order valence-electron chi connectivity index (χ1n) is 6.57. The predicted octanol–water partition coefficient (Wildman–Crippen LogP) is 3.00. The predicted molar refractivity (Wildman–Crippen MR) is 74.5 cm³/mol. The van der Waals surface area contributed by atoms with E-state index >= 15 is 0 Å². The number of imidazole rings is 1. The second kappa shape index (κ2) is 6.36. The highest BCUT2D eigenvalue weighted by molar-refractivity contribution is 5.24. The Bertz CT molecular complexity index is 445. The molecule has 2 N–H and O–H groups in total. The Labute approximate surface area is 109 Å². The molecule has 0 amide bonds. The number of aromatic nitrogens is 2. The lowest BCUT2D eigenvalue weighted by Crippen LogP contribution is -2.23. The van der Waals surface area contributed by atoms with Crippen LogP contribution in [-0.4, -0.2) is 16.5 Å². The average Bonchev–Trinajstić information content (AvgIpc) is 2.89. The van der Waals surface area contributed by atoms with Gasteiger partial charge in [0.2, 0.25) is 0 Å². The van der Waals surface area contributed by atoms with Gasteiger partial charge in [0.25, 0.3) is 0 Å². The fraction of sp³-hybridized carbons (Fsp3) is 0.400. The Morgan fingerprint density at radius 3 is 2.67 bits per heavy atom. The molecule has 1 heterocycles. The second-order valence-corrected chi connectivity index (χ2v) is 4.61. The number of hydrogen-bond donors (Lipinski definition) is 2. The minimum absolute atomic E-state index is 0.431. The summed E-state index contributed by atoms with van der Waals surface area (Å²) in [5.41, 5.74) is 2.67. The van der Waals surface area contributed by atoms with Crippen LogP contribution in [0.5, 0.6) is 0 Å². The Hall–Kier alpha value is -1.61. The van der Waals surface area contributed by atoms with Gasteiger partial charge in [-0.05, 0) is 18.9 Å². The van der Waals surface area contributed by atoms with Gasteiger partial charge in [-0.2, -0.15) is 0 Å². The second-order valence-electron chi connectivity index (χ2n) is 4.61. The number of rotatable bonds is 6. The summed E-state index contributed by atoms with van der Waals surface area (Å²) in [4.78, 5) is 7.35. The molecular formula is C15H21N3. The monoisotopic (exact) mass is 243 g/mol. The lowest BCUT2D eigenvalue weighted by molar-refractivity contribution is 0.519. The van der Waals surface area contributed by atoms with E-state index in [1.165, 1.54) is 11.1 Å². The number of aromatic amines is 1. The van der Waals surface area contributed by atoms with Crippen molar-refractivity contribution in [3.63, 3.8) is 0 Å². The van der Waals surface area contributed by atoms with Crippen LogP contribution in [0.1, 0.15) is 36.3 Å². The molecule has 1 atom stereocenters. The largest absolute Gasteiger partial charge is 0.349 e. The molecule has 0 saturated carbocycles. The number of nitrogens with zero attached hydrogens (tertiary/aromatic N) is 1. The molecule has 2 rings (SSSR count). The van der Waals surface area contributed by atoms with E-state index in [9.17, 15) is 0 Å². The number of nitrogens with one attached hydrogen (secondary N) is 2. The lowest BCUT2D eigenvalue weighted by atomic mass is 10.0. The molecule has 96 valence electrons. The molecule has 0 radical (unpaired) electrons. The summed E-state index contributed by atoms with van der Waals surface area (Å²) < 4.78 is 0. The quantitative estimate of drug-likeness (QED) is 0.819. The molecule has 0 spiro atoms. The minimum Gasteiger partial charge on any atom is -0.349 e. The maximum Gasteiger partial charge on any atom is 0.107 e. The average molecular weight is 243 g/mol. The van der Waals surface area contributed by atoms with Crippen molar-refractivity contribution >= 4 is 0 Å². The smallest absolute Gasteiger partial charge is 0.107 e. The molecule has 0 saturated heterocycles. The van der Waals surface area contributed by atoms with Crippen molar-refractivity contribution in [2.45, 2.75) is 32.7 Å². The first-order valence-corrected chi connectivity index (χ1v) is 6.57. The van der Waals surface area contributed by atoms with Gasteiger partial charge in [-0.15, -0.1) is 0 Å². The van der Waals surface area contributed by atoms with Gasteiger partial charge in [-0.25, -0.2) is 4.98 Å². The zero-order valence-corrected chi connectivity index (χ0v) is 11.1. The number of aryl methyl sites for hydroxylation is 1. The molecule has 18 heavy (non-hydrogen) atoms. The zero-order valence-electron chi connectivity index (χ0n) is 11.1. The molecule has 0 aliphatic carbocycles. The van der Waals surface area contributed by atoms with Crippen LogP contribution >= 0.6 is 0 Å². The Balaban J connectivity index is 1.87. The van der Waals surface area contributed by atoms with Crippen LogP contribution in [0, 0.1) is 6.92 Å². The summed E-state index contributed by atoms with van der Waals surface area (Å²) in [6.07, 6.45) is 5.70. The zero-order chi connectivity index (χ0) is 12.8. The highest BCUT2D eigenvalue weighted by atomic mass is 14.9. The first kappa shape index (κ1) is 12.8. The van der Waals surface area contributed by atoms with Crippen molar-refractivity contribution in [3.05, 3.63) is 53.6 Å². The molecule has 0 aliphatic rings. The third kappa shape index (κ3) is 3.44. The van der Waals surface area contributed by atoms with Gasteiger partial charge >= 0.3 is 0 Å². The van der Waals surface area contributed by atoms with Crippen LogP contribution in [0.15, 0.2) is 36.7 Å². The van der Waals surface area contributed by atoms with Crippen molar-refractivity contribution in [3.8, 4) is 0 Å². The molecule has 0 aliphatic heterocycles. The van der Waals surface area contributed by atoms with Gasteiger partial charge in [-0.1, -0.05) is 36.8 Å². The number of hydrogen-bond acceptors (Lipinski definition) is 2. The van der Waals surface area contributed by atoms with Crippen LogP contribution in [0.3, 0.4) is 0 Å². The van der Waals surface area contributed by atoms with E-state index in [0.717, 1.165) is 25.2 Å². The molecule has 3 nitrogen and oxygen atoms in total. The van der Waals surface area contributed by atoms with Gasteiger partial charge in [0.1, 0.15) is 5.82 Å². The Morgan fingerprint density at radius 1 is 1.28 bits per heavy atom. The van der Waals surface area contributed by atoms with Crippen molar-refractivity contribution in [2.75, 3.05) is 6.54 Å². The van der Waals surface area contributed by atoms with Crippen LogP contribution in [0.25, 0.3) is 0 Å². The third-order valence-electron chi connectivity index (χ3n) is 3.20. The highest BCUT2D eigenvalue weighted by Gasteiger charge is 2.08. The summed E-state index contributed by atoms with van der Waals surface area (Å²) in [5, 5.41) is 3.58. The van der Waals surface area contributed by atoms with Crippen molar-refractivity contribution in [2.24, 2.45) is 0 Å². The maximum absolute atomic E-state index is 4.23. The van der Waals surface area contributed by atoms with Gasteiger partial charge in [0, 0.05) is 31.4 Å². The van der Waals surface area contributed by atoms with Crippen LogP contribution in [-0.2, 0) is 6.42 Å². The molecule has 1 aromatic heterocycles. The van der Waals surface area contributed by atoms with Crippen molar-refractivity contribution in [1.82, 2.24) is 15.3 Å². The van der Waals surface area contributed by atoms with Gasteiger partial charge in [0.05, 0.1) is 0 Å². The lowest BCUT2D eigenvalue weighted by Gasteiger charge is -2.17. The summed E-state index contributed by atoms with van der Waals surface area (Å²) in [6, 6.07) is 9.20. The summed E-state index contributed by atoms with van der Waals surface area (Å²) >= 11 is 0. The number of H-pyrrole nitrogens is 1. The van der Waals surface area contributed by atoms with Crippen LogP contribution in [0.2, 0.25) is 0 Å². The third-order valence-corrected chi connectivity index (χ3v) is 3.20. The molecular weight excluding hydrogens is 222 g/mol. The van der Waals surface area contributed by atoms with Gasteiger partial charge in [0.15, 0.2) is 0 Å². The van der Waals surface area contributed by atoms with Crippen LogP contribution < -0.4 is 5.32 Å². The van der Waals surface area contributed by atoms with E-state index < -0.39 is 0 Å². The Kier molecular flexibility index (Phi) is 4.53. The van der Waals surface area contributed by atoms with Gasteiger partial charge < -0.3 is 10.3 Å². The normalized spacial score (nSPS) is 12.6. The molecule has 0 fully saturated rings. The highest BCUT2D eigenvalue weighted by Crippen LogP contribution is 2.16. The minimum atomic E-state index is 0.431. The summed E-state index contributed by atoms with van der Waals surface area (Å²) in [6.45, 7) is 5.28. The SMILES string of the molecule is CCC(NCCc1ncc[nH]1)c1ccc(C)cc1. The summed E-state index contributed by atoms with van der Waals surface area (Å²) in [5.74, 6) is 1.04. The fourth-order valence-corrected chi connectivity index (χ4v) is 2.10. The molecule has 1 aromatic carbocycles. The van der Waals surface area contributed by atoms with E-state index in [-0.39, 0.29) is 0 Å². The first-order chi connectivity index (χ1) is 8.79.